The van der Waals surface area contributed by atoms with E-state index in [4.69, 9.17) is 5.73 Å². The molecule has 0 aromatic carbocycles. The summed E-state index contributed by atoms with van der Waals surface area (Å²) in [7, 11) is 0. The van der Waals surface area contributed by atoms with Crippen LogP contribution >= 0.6 is 0 Å². The standard InChI is InChI=1S/C9H12F3N3/c10-9(11,12)8(13)6-5-15-4-2-1-3-7(15)14-6/h5,8H,1-4,13H2. The number of aromatic nitrogens is 2. The lowest BCUT2D eigenvalue weighted by Crippen LogP contribution is -2.28. The summed E-state index contributed by atoms with van der Waals surface area (Å²) in [6, 6.07) is -1.96. The number of aryl methyl sites for hydroxylation is 2. The molecular weight excluding hydrogens is 207 g/mol. The maximum absolute atomic E-state index is 12.3. The first kappa shape index (κ1) is 10.5. The van der Waals surface area contributed by atoms with Crippen LogP contribution in [-0.2, 0) is 13.0 Å². The van der Waals surface area contributed by atoms with Gasteiger partial charge in [0.1, 0.15) is 11.9 Å². The van der Waals surface area contributed by atoms with Gasteiger partial charge in [-0.15, -0.1) is 0 Å². The summed E-state index contributed by atoms with van der Waals surface area (Å²) in [5, 5.41) is 0. The highest BCUT2D eigenvalue weighted by Crippen LogP contribution is 2.30. The summed E-state index contributed by atoms with van der Waals surface area (Å²) < 4.78 is 38.7. The van der Waals surface area contributed by atoms with Crippen molar-refractivity contribution in [3.05, 3.63) is 17.7 Å². The van der Waals surface area contributed by atoms with E-state index in [2.05, 4.69) is 4.98 Å². The molecule has 0 bridgehead atoms. The molecular formula is C9H12F3N3. The minimum absolute atomic E-state index is 0.0700. The van der Waals surface area contributed by atoms with E-state index >= 15 is 0 Å². The van der Waals surface area contributed by atoms with Crippen LogP contribution < -0.4 is 5.73 Å². The fourth-order valence-corrected chi connectivity index (χ4v) is 1.75. The van der Waals surface area contributed by atoms with Gasteiger partial charge in [-0.1, -0.05) is 0 Å². The Morgan fingerprint density at radius 1 is 1.40 bits per heavy atom. The Labute approximate surface area is 85.1 Å². The van der Waals surface area contributed by atoms with Crippen molar-refractivity contribution in [1.29, 1.82) is 0 Å². The van der Waals surface area contributed by atoms with Gasteiger partial charge in [-0.2, -0.15) is 13.2 Å². The first-order valence-corrected chi connectivity index (χ1v) is 4.87. The number of rotatable bonds is 1. The largest absolute Gasteiger partial charge is 0.409 e. The van der Waals surface area contributed by atoms with Gasteiger partial charge in [0.2, 0.25) is 0 Å². The van der Waals surface area contributed by atoms with Gasteiger partial charge in [0.05, 0.1) is 5.69 Å². The van der Waals surface area contributed by atoms with Crippen LogP contribution in [0.2, 0.25) is 0 Å². The smallest absolute Gasteiger partial charge is 0.335 e. The fourth-order valence-electron chi connectivity index (χ4n) is 1.75. The molecule has 6 heteroatoms. The van der Waals surface area contributed by atoms with Gasteiger partial charge in [0.15, 0.2) is 0 Å². The molecule has 1 unspecified atom stereocenters. The number of nitrogens with two attached hydrogens (primary N) is 1. The third-order valence-electron chi connectivity index (χ3n) is 2.60. The van der Waals surface area contributed by atoms with Gasteiger partial charge in [-0.25, -0.2) is 4.98 Å². The lowest BCUT2D eigenvalue weighted by atomic mass is 10.2. The van der Waals surface area contributed by atoms with E-state index in [1.54, 1.807) is 4.57 Å². The lowest BCUT2D eigenvalue weighted by molar-refractivity contribution is -0.149. The van der Waals surface area contributed by atoms with Gasteiger partial charge < -0.3 is 10.3 Å². The maximum Gasteiger partial charge on any atom is 0.409 e. The topological polar surface area (TPSA) is 43.8 Å². The van der Waals surface area contributed by atoms with E-state index in [-0.39, 0.29) is 5.69 Å². The van der Waals surface area contributed by atoms with E-state index < -0.39 is 12.2 Å². The van der Waals surface area contributed by atoms with Gasteiger partial charge in [0.25, 0.3) is 0 Å². The summed E-state index contributed by atoms with van der Waals surface area (Å²) in [5.41, 5.74) is 5.01. The normalized spacial score (nSPS) is 18.7. The predicted molar refractivity (Wildman–Crippen MR) is 48.1 cm³/mol. The Morgan fingerprint density at radius 3 is 2.73 bits per heavy atom. The highest BCUT2D eigenvalue weighted by atomic mass is 19.4. The first-order valence-electron chi connectivity index (χ1n) is 4.87. The van der Waals surface area contributed by atoms with Crippen LogP contribution in [0.4, 0.5) is 13.2 Å². The molecule has 1 aliphatic heterocycles. The third-order valence-corrected chi connectivity index (χ3v) is 2.60. The minimum atomic E-state index is -4.41. The van der Waals surface area contributed by atoms with Gasteiger partial charge in [-0.3, -0.25) is 0 Å². The van der Waals surface area contributed by atoms with Gasteiger partial charge >= 0.3 is 6.18 Å². The molecule has 2 N–H and O–H groups in total. The second-order valence-electron chi connectivity index (χ2n) is 3.75. The number of alkyl halides is 3. The van der Waals surface area contributed by atoms with Gasteiger partial charge in [-0.05, 0) is 12.8 Å². The second-order valence-corrected chi connectivity index (χ2v) is 3.75. The SMILES string of the molecule is NC(c1cn2c(n1)CCCC2)C(F)(F)F. The summed E-state index contributed by atoms with van der Waals surface area (Å²) in [6.45, 7) is 0.743. The fraction of sp³-hybridized carbons (Fsp3) is 0.667. The van der Waals surface area contributed by atoms with Crippen molar-refractivity contribution < 1.29 is 13.2 Å². The molecule has 2 heterocycles. The molecule has 0 aliphatic carbocycles. The highest BCUT2D eigenvalue weighted by molar-refractivity contribution is 5.11. The summed E-state index contributed by atoms with van der Waals surface area (Å²) >= 11 is 0. The maximum atomic E-state index is 12.3. The lowest BCUT2D eigenvalue weighted by Gasteiger charge is -2.12. The molecule has 0 radical (unpaired) electrons. The summed E-state index contributed by atoms with van der Waals surface area (Å²) in [6.07, 6.45) is -0.274. The van der Waals surface area contributed by atoms with Crippen LogP contribution in [-0.4, -0.2) is 15.7 Å². The number of fused-ring (bicyclic) bond motifs is 1. The molecule has 0 fully saturated rings. The molecule has 0 saturated heterocycles. The monoisotopic (exact) mass is 219 g/mol. The Kier molecular flexibility index (Phi) is 2.46. The number of halogens is 3. The molecule has 3 nitrogen and oxygen atoms in total. The van der Waals surface area contributed by atoms with Crippen molar-refractivity contribution in [3.8, 4) is 0 Å². The molecule has 0 amide bonds. The van der Waals surface area contributed by atoms with Crippen LogP contribution in [0, 0.1) is 0 Å². The van der Waals surface area contributed by atoms with Crippen molar-refractivity contribution in [2.45, 2.75) is 38.0 Å². The summed E-state index contributed by atoms with van der Waals surface area (Å²) in [4.78, 5) is 3.94. The molecule has 1 atom stereocenters. The quantitative estimate of drug-likeness (QED) is 0.782. The predicted octanol–water partition coefficient (Wildman–Crippen LogP) is 1.78. The molecule has 1 aromatic rings. The second kappa shape index (κ2) is 3.52. The first-order chi connectivity index (χ1) is 6.98. The molecule has 0 spiro atoms. The molecule has 15 heavy (non-hydrogen) atoms. The average Bonchev–Trinajstić information content (AvgIpc) is 2.58. The van der Waals surface area contributed by atoms with Crippen molar-refractivity contribution in [3.63, 3.8) is 0 Å². The van der Waals surface area contributed by atoms with Crippen LogP contribution in [0.25, 0.3) is 0 Å². The molecule has 1 aliphatic rings. The van der Waals surface area contributed by atoms with E-state index in [0.29, 0.717) is 0 Å². The zero-order chi connectivity index (χ0) is 11.1. The van der Waals surface area contributed by atoms with Crippen LogP contribution in [0.1, 0.15) is 30.4 Å². The minimum Gasteiger partial charge on any atom is -0.335 e. The van der Waals surface area contributed by atoms with E-state index in [1.165, 1.54) is 6.20 Å². The molecule has 2 rings (SSSR count). The van der Waals surface area contributed by atoms with Crippen molar-refractivity contribution >= 4 is 0 Å². The van der Waals surface area contributed by atoms with Crippen molar-refractivity contribution in [1.82, 2.24) is 9.55 Å². The van der Waals surface area contributed by atoms with Crippen molar-refractivity contribution in [2.75, 3.05) is 0 Å². The zero-order valence-corrected chi connectivity index (χ0v) is 8.09. The number of imidazole rings is 1. The molecule has 1 aromatic heterocycles. The third kappa shape index (κ3) is 1.99. The number of hydrogen-bond donors (Lipinski definition) is 1. The Morgan fingerprint density at radius 2 is 2.13 bits per heavy atom. The Hall–Kier alpha value is -1.04. The van der Waals surface area contributed by atoms with Crippen LogP contribution in [0.15, 0.2) is 6.20 Å². The number of nitrogens with zero attached hydrogens (tertiary/aromatic N) is 2. The Bertz CT molecular complexity index is 332. The van der Waals surface area contributed by atoms with E-state index in [9.17, 15) is 13.2 Å². The van der Waals surface area contributed by atoms with E-state index in [1.807, 2.05) is 0 Å². The van der Waals surface area contributed by atoms with Gasteiger partial charge in [0, 0.05) is 19.2 Å². The summed E-state index contributed by atoms with van der Waals surface area (Å²) in [5.74, 6) is 0.718. The van der Waals surface area contributed by atoms with Crippen LogP contribution in [0.3, 0.4) is 0 Å². The Balaban J connectivity index is 2.26. The van der Waals surface area contributed by atoms with Crippen LogP contribution in [0.5, 0.6) is 0 Å². The number of hydrogen-bond acceptors (Lipinski definition) is 2. The average molecular weight is 219 g/mol. The zero-order valence-electron chi connectivity index (χ0n) is 8.09. The highest BCUT2D eigenvalue weighted by Gasteiger charge is 2.39. The molecule has 0 saturated carbocycles. The van der Waals surface area contributed by atoms with Crippen molar-refractivity contribution in [2.24, 2.45) is 5.73 Å². The van der Waals surface area contributed by atoms with E-state index in [0.717, 1.165) is 31.6 Å². The molecule has 84 valence electrons.